The molecule has 2 aromatic rings. The highest BCUT2D eigenvalue weighted by molar-refractivity contribution is 5.82. The van der Waals surface area contributed by atoms with E-state index < -0.39 is 35.6 Å². The standard InChI is InChI=1S/C19H25NO8/c1-11(27-18(20)23)15(22)17(24-4)19(2,3)26-10-25-13-7-5-6-12-8-9-14(21)28-16(12)13/h5-9,11,15,17,22H,10H2,1-4H3,(H2,20,23). The van der Waals surface area contributed by atoms with Gasteiger partial charge in [0.25, 0.3) is 0 Å². The number of aliphatic hydroxyl groups is 1. The summed E-state index contributed by atoms with van der Waals surface area (Å²) in [7, 11) is 1.40. The fraction of sp³-hybridized carbons (Fsp3) is 0.474. The average Bonchev–Trinajstić information content (AvgIpc) is 2.61. The van der Waals surface area contributed by atoms with Crippen molar-refractivity contribution in [2.45, 2.75) is 44.7 Å². The van der Waals surface area contributed by atoms with Crippen LogP contribution in [-0.2, 0) is 14.2 Å². The summed E-state index contributed by atoms with van der Waals surface area (Å²) < 4.78 is 26.7. The monoisotopic (exact) mass is 395 g/mol. The Labute approximate surface area is 161 Å². The average molecular weight is 395 g/mol. The first kappa shape index (κ1) is 21.7. The first-order valence-electron chi connectivity index (χ1n) is 8.62. The van der Waals surface area contributed by atoms with Crippen LogP contribution in [0.4, 0.5) is 4.79 Å². The molecular formula is C19H25NO8. The molecule has 3 unspecified atom stereocenters. The first-order chi connectivity index (χ1) is 13.2. The molecule has 28 heavy (non-hydrogen) atoms. The number of methoxy groups -OCH3 is 1. The summed E-state index contributed by atoms with van der Waals surface area (Å²) in [6.45, 7) is 4.66. The molecule has 9 heteroatoms. The molecule has 3 atom stereocenters. The van der Waals surface area contributed by atoms with Gasteiger partial charge >= 0.3 is 11.7 Å². The Morgan fingerprint density at radius 3 is 2.64 bits per heavy atom. The summed E-state index contributed by atoms with van der Waals surface area (Å²) in [6.07, 6.45) is -3.95. The quantitative estimate of drug-likeness (QED) is 0.485. The normalized spacial score (nSPS) is 15.0. The number of nitrogens with two attached hydrogens (primary N) is 1. The maximum Gasteiger partial charge on any atom is 0.404 e. The van der Waals surface area contributed by atoms with Gasteiger partial charge in [-0.2, -0.15) is 0 Å². The van der Waals surface area contributed by atoms with Gasteiger partial charge in [0, 0.05) is 18.6 Å². The largest absolute Gasteiger partial charge is 0.464 e. The zero-order chi connectivity index (χ0) is 20.9. The Morgan fingerprint density at radius 1 is 1.29 bits per heavy atom. The van der Waals surface area contributed by atoms with E-state index in [9.17, 15) is 14.7 Å². The highest BCUT2D eigenvalue weighted by Crippen LogP contribution is 2.26. The number of ether oxygens (including phenoxy) is 4. The third kappa shape index (κ3) is 5.22. The number of carbonyl (C=O) groups is 1. The molecule has 1 amide bonds. The van der Waals surface area contributed by atoms with Gasteiger partial charge in [-0.1, -0.05) is 12.1 Å². The molecular weight excluding hydrogens is 370 g/mol. The predicted octanol–water partition coefficient (Wildman–Crippen LogP) is 1.78. The maximum absolute atomic E-state index is 11.5. The number of benzene rings is 1. The summed E-state index contributed by atoms with van der Waals surface area (Å²) in [4.78, 5) is 22.4. The lowest BCUT2D eigenvalue weighted by Crippen LogP contribution is -2.53. The molecule has 1 heterocycles. The van der Waals surface area contributed by atoms with E-state index >= 15 is 0 Å². The second-order valence-corrected chi connectivity index (χ2v) is 6.73. The smallest absolute Gasteiger partial charge is 0.404 e. The van der Waals surface area contributed by atoms with Crippen molar-refractivity contribution in [3.8, 4) is 5.75 Å². The van der Waals surface area contributed by atoms with Crippen LogP contribution < -0.4 is 16.1 Å². The van der Waals surface area contributed by atoms with Gasteiger partial charge in [0.2, 0.25) is 0 Å². The van der Waals surface area contributed by atoms with Gasteiger partial charge in [0.1, 0.15) is 18.3 Å². The van der Waals surface area contributed by atoms with E-state index in [0.29, 0.717) is 16.7 Å². The number of amides is 1. The third-order valence-electron chi connectivity index (χ3n) is 4.29. The predicted molar refractivity (Wildman–Crippen MR) is 100 cm³/mol. The van der Waals surface area contributed by atoms with E-state index in [1.54, 1.807) is 38.1 Å². The van der Waals surface area contributed by atoms with Crippen molar-refractivity contribution in [1.29, 1.82) is 0 Å². The van der Waals surface area contributed by atoms with Crippen molar-refractivity contribution >= 4 is 17.1 Å². The number of rotatable bonds is 9. The van der Waals surface area contributed by atoms with E-state index in [1.165, 1.54) is 20.1 Å². The molecule has 0 fully saturated rings. The van der Waals surface area contributed by atoms with E-state index in [4.69, 9.17) is 29.1 Å². The number of primary amides is 1. The van der Waals surface area contributed by atoms with Crippen LogP contribution in [0.1, 0.15) is 20.8 Å². The number of hydrogen-bond acceptors (Lipinski definition) is 8. The van der Waals surface area contributed by atoms with Crippen LogP contribution >= 0.6 is 0 Å². The molecule has 3 N–H and O–H groups in total. The third-order valence-corrected chi connectivity index (χ3v) is 4.29. The van der Waals surface area contributed by atoms with Crippen LogP contribution in [-0.4, -0.2) is 49.0 Å². The fourth-order valence-electron chi connectivity index (χ4n) is 2.84. The highest BCUT2D eigenvalue weighted by Gasteiger charge is 2.40. The summed E-state index contributed by atoms with van der Waals surface area (Å²) in [6, 6.07) is 8.15. The molecule has 0 bridgehead atoms. The molecule has 0 aliphatic carbocycles. The van der Waals surface area contributed by atoms with Gasteiger partial charge in [-0.3, -0.25) is 0 Å². The Morgan fingerprint density at radius 2 is 2.00 bits per heavy atom. The maximum atomic E-state index is 11.5. The Bertz CT molecular complexity index is 862. The molecule has 2 rings (SSSR count). The van der Waals surface area contributed by atoms with Gasteiger partial charge in [-0.05, 0) is 32.9 Å². The van der Waals surface area contributed by atoms with Gasteiger partial charge in [-0.15, -0.1) is 0 Å². The molecule has 1 aromatic heterocycles. The van der Waals surface area contributed by atoms with Crippen molar-refractivity contribution in [2.75, 3.05) is 13.9 Å². The second kappa shape index (κ2) is 9.05. The fourth-order valence-corrected chi connectivity index (χ4v) is 2.84. The molecule has 0 saturated carbocycles. The summed E-state index contributed by atoms with van der Waals surface area (Å²) in [5.74, 6) is 0.339. The lowest BCUT2D eigenvalue weighted by atomic mass is 9.93. The summed E-state index contributed by atoms with van der Waals surface area (Å²) >= 11 is 0. The molecule has 154 valence electrons. The Balaban J connectivity index is 2.07. The number of para-hydroxylation sites is 1. The number of aliphatic hydroxyl groups excluding tert-OH is 1. The Kier molecular flexibility index (Phi) is 7.00. The zero-order valence-electron chi connectivity index (χ0n) is 16.2. The van der Waals surface area contributed by atoms with Gasteiger partial charge < -0.3 is 34.2 Å². The van der Waals surface area contributed by atoms with E-state index in [-0.39, 0.29) is 6.79 Å². The topological polar surface area (TPSA) is 130 Å². The first-order valence-corrected chi connectivity index (χ1v) is 8.62. The number of fused-ring (bicyclic) bond motifs is 1. The van der Waals surface area contributed by atoms with Crippen molar-refractivity contribution < 1.29 is 33.3 Å². The van der Waals surface area contributed by atoms with E-state index in [1.807, 2.05) is 0 Å². The van der Waals surface area contributed by atoms with Crippen LogP contribution in [0.15, 0.2) is 39.5 Å². The highest BCUT2D eigenvalue weighted by atomic mass is 16.7. The minimum atomic E-state index is -1.19. The minimum absolute atomic E-state index is 0.206. The van der Waals surface area contributed by atoms with Crippen LogP contribution in [0.25, 0.3) is 11.0 Å². The number of carbonyl (C=O) groups excluding carboxylic acids is 1. The number of hydrogen-bond donors (Lipinski definition) is 2. The van der Waals surface area contributed by atoms with E-state index in [2.05, 4.69) is 0 Å². The SMILES string of the molecule is COC(C(O)C(C)OC(N)=O)C(C)(C)OCOc1cccc2ccc(=O)oc12. The van der Waals surface area contributed by atoms with Crippen LogP contribution in [0.5, 0.6) is 5.75 Å². The van der Waals surface area contributed by atoms with Crippen molar-refractivity contribution in [3.63, 3.8) is 0 Å². The summed E-state index contributed by atoms with van der Waals surface area (Å²) in [5.41, 5.74) is 3.79. The molecule has 0 saturated heterocycles. The van der Waals surface area contributed by atoms with Crippen molar-refractivity contribution in [3.05, 3.63) is 40.8 Å². The van der Waals surface area contributed by atoms with Crippen LogP contribution in [0, 0.1) is 0 Å². The molecule has 9 nitrogen and oxygen atoms in total. The molecule has 0 aliphatic heterocycles. The molecule has 0 radical (unpaired) electrons. The Hall–Kier alpha value is -2.62. The summed E-state index contributed by atoms with van der Waals surface area (Å²) in [5, 5.41) is 11.1. The lowest BCUT2D eigenvalue weighted by Gasteiger charge is -2.37. The van der Waals surface area contributed by atoms with Crippen LogP contribution in [0.2, 0.25) is 0 Å². The minimum Gasteiger partial charge on any atom is -0.464 e. The van der Waals surface area contributed by atoms with Gasteiger partial charge in [-0.25, -0.2) is 9.59 Å². The van der Waals surface area contributed by atoms with Gasteiger partial charge in [0.15, 0.2) is 18.1 Å². The molecule has 1 aromatic carbocycles. The van der Waals surface area contributed by atoms with Crippen molar-refractivity contribution in [1.82, 2.24) is 0 Å². The second-order valence-electron chi connectivity index (χ2n) is 6.73. The van der Waals surface area contributed by atoms with Crippen molar-refractivity contribution in [2.24, 2.45) is 5.73 Å². The zero-order valence-corrected chi connectivity index (χ0v) is 16.2. The molecule has 0 aliphatic rings. The van der Waals surface area contributed by atoms with Gasteiger partial charge in [0.05, 0.1) is 5.60 Å². The molecule has 0 spiro atoms. The lowest BCUT2D eigenvalue weighted by molar-refractivity contribution is -0.192. The van der Waals surface area contributed by atoms with E-state index in [0.717, 1.165) is 0 Å². The van der Waals surface area contributed by atoms with Crippen LogP contribution in [0.3, 0.4) is 0 Å².